The number of rotatable bonds is 7. The van der Waals surface area contributed by atoms with Crippen molar-refractivity contribution in [3.8, 4) is 11.5 Å². The second kappa shape index (κ2) is 7.78. The average molecular weight is 394 g/mol. The fourth-order valence-corrected chi connectivity index (χ4v) is 4.04. The lowest BCUT2D eigenvalue weighted by molar-refractivity contribution is -0.126. The van der Waals surface area contributed by atoms with Gasteiger partial charge in [0.15, 0.2) is 11.5 Å². The molecule has 1 atom stereocenters. The molecule has 1 aliphatic carbocycles. The van der Waals surface area contributed by atoms with Gasteiger partial charge in [0.2, 0.25) is 11.8 Å². The second-order valence-corrected chi connectivity index (χ2v) is 7.81. The molecule has 1 aliphatic heterocycles. The van der Waals surface area contributed by atoms with Gasteiger partial charge in [0.25, 0.3) is 0 Å². The molecule has 2 aromatic carbocycles. The smallest absolute Gasteiger partial charge is 0.227 e. The fourth-order valence-electron chi connectivity index (χ4n) is 4.04. The Morgan fingerprint density at radius 2 is 1.83 bits per heavy atom. The highest BCUT2D eigenvalue weighted by atomic mass is 16.5. The maximum absolute atomic E-state index is 12.8. The van der Waals surface area contributed by atoms with Crippen molar-refractivity contribution in [3.05, 3.63) is 54.1 Å². The van der Waals surface area contributed by atoms with Crippen molar-refractivity contribution in [2.24, 2.45) is 5.92 Å². The SMILES string of the molecule is COc1ccc(N2CC(C(=O)NCC3(c4ccccc4)CC3)CC2=O)cc1OC. The molecule has 1 heterocycles. The quantitative estimate of drug-likeness (QED) is 0.784. The molecular formula is C23H26N2O4. The summed E-state index contributed by atoms with van der Waals surface area (Å²) in [5.41, 5.74) is 2.04. The van der Waals surface area contributed by atoms with Crippen LogP contribution in [0.25, 0.3) is 0 Å². The van der Waals surface area contributed by atoms with Gasteiger partial charge >= 0.3 is 0 Å². The van der Waals surface area contributed by atoms with E-state index in [9.17, 15) is 9.59 Å². The van der Waals surface area contributed by atoms with E-state index in [2.05, 4.69) is 17.4 Å². The van der Waals surface area contributed by atoms with Gasteiger partial charge in [-0.1, -0.05) is 30.3 Å². The molecule has 0 bridgehead atoms. The van der Waals surface area contributed by atoms with Gasteiger partial charge in [-0.3, -0.25) is 9.59 Å². The molecular weight excluding hydrogens is 368 g/mol. The van der Waals surface area contributed by atoms with E-state index in [4.69, 9.17) is 9.47 Å². The van der Waals surface area contributed by atoms with Crippen LogP contribution >= 0.6 is 0 Å². The second-order valence-electron chi connectivity index (χ2n) is 7.81. The zero-order valence-electron chi connectivity index (χ0n) is 16.8. The van der Waals surface area contributed by atoms with Crippen molar-refractivity contribution in [1.29, 1.82) is 0 Å². The number of anilines is 1. The number of ether oxygens (including phenoxy) is 2. The van der Waals surface area contributed by atoms with Crippen molar-refractivity contribution in [2.75, 3.05) is 32.2 Å². The number of carbonyl (C=O) groups excluding carboxylic acids is 2. The van der Waals surface area contributed by atoms with Crippen LogP contribution < -0.4 is 19.7 Å². The van der Waals surface area contributed by atoms with Crippen molar-refractivity contribution in [1.82, 2.24) is 5.32 Å². The molecule has 1 saturated carbocycles. The third-order valence-electron chi connectivity index (χ3n) is 6.02. The number of hydrogen-bond acceptors (Lipinski definition) is 4. The van der Waals surface area contributed by atoms with E-state index in [0.29, 0.717) is 30.3 Å². The molecule has 2 aromatic rings. The molecule has 6 heteroatoms. The minimum absolute atomic E-state index is 0.0523. The molecule has 1 saturated heterocycles. The monoisotopic (exact) mass is 394 g/mol. The van der Waals surface area contributed by atoms with E-state index in [1.54, 1.807) is 31.3 Å². The average Bonchev–Trinajstić information content (AvgIpc) is 3.46. The highest BCUT2D eigenvalue weighted by Gasteiger charge is 2.45. The van der Waals surface area contributed by atoms with Crippen LogP contribution in [0.3, 0.4) is 0 Å². The predicted octanol–water partition coefficient (Wildman–Crippen LogP) is 2.90. The summed E-state index contributed by atoms with van der Waals surface area (Å²) in [4.78, 5) is 27.0. The van der Waals surface area contributed by atoms with E-state index in [1.807, 2.05) is 24.3 Å². The molecule has 2 fully saturated rings. The Bertz CT molecular complexity index is 908. The molecule has 2 amide bonds. The number of nitrogens with one attached hydrogen (secondary N) is 1. The highest BCUT2D eigenvalue weighted by Crippen LogP contribution is 2.47. The van der Waals surface area contributed by atoms with Crippen LogP contribution in [0.2, 0.25) is 0 Å². The van der Waals surface area contributed by atoms with Gasteiger partial charge in [-0.15, -0.1) is 0 Å². The van der Waals surface area contributed by atoms with E-state index < -0.39 is 0 Å². The maximum Gasteiger partial charge on any atom is 0.227 e. The zero-order valence-corrected chi connectivity index (χ0v) is 16.8. The first-order valence-corrected chi connectivity index (χ1v) is 9.92. The van der Waals surface area contributed by atoms with Crippen molar-refractivity contribution in [3.63, 3.8) is 0 Å². The summed E-state index contributed by atoms with van der Waals surface area (Å²) in [6.45, 7) is 0.995. The van der Waals surface area contributed by atoms with Gasteiger partial charge in [-0.05, 0) is 30.5 Å². The number of methoxy groups -OCH3 is 2. The third kappa shape index (κ3) is 3.79. The van der Waals surface area contributed by atoms with E-state index in [0.717, 1.165) is 12.8 Å². The summed E-state index contributed by atoms with van der Waals surface area (Å²) in [6, 6.07) is 15.7. The number of benzene rings is 2. The Labute approximate surface area is 170 Å². The Hall–Kier alpha value is -3.02. The van der Waals surface area contributed by atoms with Gasteiger partial charge in [0.05, 0.1) is 20.1 Å². The number of hydrogen-bond donors (Lipinski definition) is 1. The van der Waals surface area contributed by atoms with Gasteiger partial charge in [-0.25, -0.2) is 0 Å². The Balaban J connectivity index is 1.40. The van der Waals surface area contributed by atoms with Gasteiger partial charge in [0.1, 0.15) is 0 Å². The van der Waals surface area contributed by atoms with Crippen LogP contribution in [0.4, 0.5) is 5.69 Å². The topological polar surface area (TPSA) is 67.9 Å². The minimum Gasteiger partial charge on any atom is -0.493 e. The molecule has 2 aliphatic rings. The molecule has 152 valence electrons. The largest absolute Gasteiger partial charge is 0.493 e. The van der Waals surface area contributed by atoms with Crippen LogP contribution in [0.1, 0.15) is 24.8 Å². The number of carbonyl (C=O) groups is 2. The molecule has 0 spiro atoms. The summed E-state index contributed by atoms with van der Waals surface area (Å²) in [5, 5.41) is 3.10. The highest BCUT2D eigenvalue weighted by molar-refractivity contribution is 6.00. The van der Waals surface area contributed by atoms with Crippen molar-refractivity contribution < 1.29 is 19.1 Å². The minimum atomic E-state index is -0.345. The maximum atomic E-state index is 12.8. The molecule has 1 unspecified atom stereocenters. The van der Waals surface area contributed by atoms with Crippen LogP contribution in [0, 0.1) is 5.92 Å². The lowest BCUT2D eigenvalue weighted by atomic mass is 9.95. The predicted molar refractivity (Wildman–Crippen MR) is 110 cm³/mol. The molecule has 29 heavy (non-hydrogen) atoms. The third-order valence-corrected chi connectivity index (χ3v) is 6.02. The Morgan fingerprint density at radius 3 is 2.48 bits per heavy atom. The fraction of sp³-hybridized carbons (Fsp3) is 0.391. The summed E-state index contributed by atoms with van der Waals surface area (Å²) < 4.78 is 10.6. The van der Waals surface area contributed by atoms with E-state index in [1.165, 1.54) is 5.56 Å². The van der Waals surface area contributed by atoms with Gasteiger partial charge < -0.3 is 19.7 Å². The van der Waals surface area contributed by atoms with Gasteiger partial charge in [-0.2, -0.15) is 0 Å². The standard InChI is InChI=1S/C23H26N2O4/c1-28-19-9-8-18(13-20(19)29-2)25-14-16(12-21(25)26)22(27)24-15-23(10-11-23)17-6-4-3-5-7-17/h3-9,13,16H,10-12,14-15H2,1-2H3,(H,24,27). The van der Waals surface area contributed by atoms with Gasteiger partial charge in [0, 0.05) is 36.7 Å². The van der Waals surface area contributed by atoms with E-state index >= 15 is 0 Å². The lowest BCUT2D eigenvalue weighted by Crippen LogP contribution is -2.37. The Kier molecular flexibility index (Phi) is 5.18. The van der Waals surface area contributed by atoms with Crippen LogP contribution in [0.15, 0.2) is 48.5 Å². The van der Waals surface area contributed by atoms with Crippen molar-refractivity contribution in [2.45, 2.75) is 24.7 Å². The first-order chi connectivity index (χ1) is 14.1. The summed E-state index contributed by atoms with van der Waals surface area (Å²) in [5.74, 6) is 0.712. The summed E-state index contributed by atoms with van der Waals surface area (Å²) in [6.07, 6.45) is 2.38. The number of amides is 2. The van der Waals surface area contributed by atoms with Crippen LogP contribution in [-0.2, 0) is 15.0 Å². The molecule has 4 rings (SSSR count). The summed E-state index contributed by atoms with van der Waals surface area (Å²) >= 11 is 0. The Morgan fingerprint density at radius 1 is 1.10 bits per heavy atom. The first kappa shape index (κ1) is 19.3. The zero-order chi connectivity index (χ0) is 20.4. The first-order valence-electron chi connectivity index (χ1n) is 9.92. The molecule has 0 aromatic heterocycles. The molecule has 6 nitrogen and oxygen atoms in total. The van der Waals surface area contributed by atoms with Crippen LogP contribution in [0.5, 0.6) is 11.5 Å². The van der Waals surface area contributed by atoms with Crippen molar-refractivity contribution >= 4 is 17.5 Å². The summed E-state index contributed by atoms with van der Waals surface area (Å²) in [7, 11) is 3.13. The normalized spacial score (nSPS) is 19.7. The lowest BCUT2D eigenvalue weighted by Gasteiger charge is -2.20. The van der Waals surface area contributed by atoms with Crippen LogP contribution in [-0.4, -0.2) is 39.1 Å². The van der Waals surface area contributed by atoms with E-state index in [-0.39, 0.29) is 29.6 Å². The number of nitrogens with zero attached hydrogens (tertiary/aromatic N) is 1. The molecule has 1 N–H and O–H groups in total. The molecule has 0 radical (unpaired) electrons.